The van der Waals surface area contributed by atoms with Crippen molar-refractivity contribution < 1.29 is 50.4 Å². The zero-order valence-electron chi connectivity index (χ0n) is 39.4. The minimum absolute atomic E-state index is 0.00223. The van der Waals surface area contributed by atoms with Crippen LogP contribution in [0.4, 0.5) is 0 Å². The van der Waals surface area contributed by atoms with E-state index in [1.165, 1.54) is 29.4 Å². The monoisotopic (exact) mass is 930 g/mol. The highest BCUT2D eigenvalue weighted by molar-refractivity contribution is 7.86. The van der Waals surface area contributed by atoms with Gasteiger partial charge < -0.3 is 28.9 Å². The zero-order valence-corrected chi connectivity index (χ0v) is 41.2. The SMILES string of the molecule is CCOC(=O)C1=CC2[C@@H]([C@H](O[Si](c3ccccc3)(c3ccccc3)C(C)(C)C)C1)N2C(C)=O.CCOC(=O)C1=C[C@@H](OC(CC)CC)[C@H](NC(C)=O)[C@H](OS(=O)(=O)c2ccc(C)cc2)C1. The largest absolute Gasteiger partial charge is 0.463 e. The predicted octanol–water partition coefficient (Wildman–Crippen LogP) is 6.46. The molecule has 1 fully saturated rings. The summed E-state index contributed by atoms with van der Waals surface area (Å²) in [6, 6.07) is 26.2. The van der Waals surface area contributed by atoms with Crippen LogP contribution < -0.4 is 15.7 Å². The number of nitrogens with zero attached hydrogens (tertiary/aromatic N) is 1. The van der Waals surface area contributed by atoms with Gasteiger partial charge in [-0.25, -0.2) is 9.59 Å². The van der Waals surface area contributed by atoms with Crippen molar-refractivity contribution in [3.63, 3.8) is 0 Å². The van der Waals surface area contributed by atoms with Gasteiger partial charge in [0.1, 0.15) is 6.10 Å². The summed E-state index contributed by atoms with van der Waals surface area (Å²) in [4.78, 5) is 51.2. The van der Waals surface area contributed by atoms with Gasteiger partial charge in [0.05, 0.1) is 54.5 Å². The Kier molecular flexibility index (Phi) is 17.3. The normalized spacial score (nSPS) is 21.7. The van der Waals surface area contributed by atoms with E-state index in [0.29, 0.717) is 18.6 Å². The van der Waals surface area contributed by atoms with Crippen molar-refractivity contribution in [2.24, 2.45) is 0 Å². The van der Waals surface area contributed by atoms with Gasteiger partial charge in [-0.1, -0.05) is 113 Å². The first-order chi connectivity index (χ1) is 30.8. The second-order valence-corrected chi connectivity index (χ2v) is 23.5. The van der Waals surface area contributed by atoms with Crippen molar-refractivity contribution in [2.45, 2.75) is 147 Å². The van der Waals surface area contributed by atoms with Crippen molar-refractivity contribution in [1.82, 2.24) is 10.2 Å². The summed E-state index contributed by atoms with van der Waals surface area (Å²) in [5.74, 6) is -1.24. The summed E-state index contributed by atoms with van der Waals surface area (Å²) >= 11 is 0. The molecule has 15 heteroatoms. The molecule has 6 rings (SSSR count). The smallest absolute Gasteiger partial charge is 0.333 e. The van der Waals surface area contributed by atoms with Crippen LogP contribution in [0.2, 0.25) is 5.04 Å². The predicted molar refractivity (Wildman–Crippen MR) is 251 cm³/mol. The van der Waals surface area contributed by atoms with Crippen molar-refractivity contribution >= 4 is 52.6 Å². The summed E-state index contributed by atoms with van der Waals surface area (Å²) in [6.07, 6.45) is 3.11. The molecular formula is C50H66N2O11SSi. The summed E-state index contributed by atoms with van der Waals surface area (Å²) < 4.78 is 55.4. The molecule has 1 aliphatic heterocycles. The van der Waals surface area contributed by atoms with Gasteiger partial charge in [0.2, 0.25) is 11.8 Å². The number of ether oxygens (including phenoxy) is 3. The number of rotatable bonds is 16. The highest BCUT2D eigenvalue weighted by Gasteiger charge is 2.60. The lowest BCUT2D eigenvalue weighted by molar-refractivity contribution is -0.140. The van der Waals surface area contributed by atoms with Gasteiger partial charge in [-0.2, -0.15) is 8.42 Å². The Bertz CT molecular complexity index is 2250. The molecule has 0 aromatic heterocycles. The Morgan fingerprint density at radius 3 is 1.72 bits per heavy atom. The van der Waals surface area contributed by atoms with Gasteiger partial charge in [-0.15, -0.1) is 0 Å². The maximum absolute atomic E-state index is 13.0. The molecule has 6 atom stereocenters. The Hall–Kier alpha value is -4.93. The number of aryl methyl sites for hydroxylation is 1. The Morgan fingerprint density at radius 1 is 0.754 bits per heavy atom. The van der Waals surface area contributed by atoms with E-state index in [1.807, 2.05) is 43.9 Å². The summed E-state index contributed by atoms with van der Waals surface area (Å²) in [5, 5.41) is 4.94. The molecule has 65 heavy (non-hydrogen) atoms. The van der Waals surface area contributed by atoms with Gasteiger partial charge >= 0.3 is 11.9 Å². The molecule has 1 N–H and O–H groups in total. The van der Waals surface area contributed by atoms with E-state index >= 15 is 0 Å². The highest BCUT2D eigenvalue weighted by Crippen LogP contribution is 2.45. The summed E-state index contributed by atoms with van der Waals surface area (Å²) in [5.41, 5.74) is 1.77. The molecule has 13 nitrogen and oxygen atoms in total. The van der Waals surface area contributed by atoms with Crippen LogP contribution in [0.5, 0.6) is 0 Å². The Labute approximate surface area is 386 Å². The third-order valence-electron chi connectivity index (χ3n) is 12.0. The first-order valence-corrected chi connectivity index (χ1v) is 25.9. The molecule has 2 aliphatic carbocycles. The van der Waals surface area contributed by atoms with Crippen molar-refractivity contribution in [3.05, 3.63) is 114 Å². The van der Waals surface area contributed by atoms with Crippen LogP contribution in [0.1, 0.15) is 93.6 Å². The molecule has 1 heterocycles. The molecule has 0 saturated carbocycles. The van der Waals surface area contributed by atoms with Crippen molar-refractivity contribution in [3.8, 4) is 0 Å². The Morgan fingerprint density at radius 2 is 1.26 bits per heavy atom. The highest BCUT2D eigenvalue weighted by atomic mass is 32.2. The molecule has 0 bridgehead atoms. The van der Waals surface area contributed by atoms with Crippen LogP contribution in [-0.2, 0) is 52.1 Å². The number of hydrogen-bond donors (Lipinski definition) is 1. The Balaban J connectivity index is 0.000000244. The maximum atomic E-state index is 13.0. The molecule has 0 radical (unpaired) electrons. The van der Waals surface area contributed by atoms with E-state index in [9.17, 15) is 27.6 Å². The maximum Gasteiger partial charge on any atom is 0.333 e. The fourth-order valence-corrected chi connectivity index (χ4v) is 14.6. The van der Waals surface area contributed by atoms with Gasteiger partial charge in [0, 0.05) is 37.8 Å². The number of nitrogens with one attached hydrogen (secondary N) is 1. The van der Waals surface area contributed by atoms with E-state index < -0.39 is 42.7 Å². The topological polar surface area (TPSA) is 164 Å². The number of amides is 2. The number of carbonyl (C=O) groups excluding carboxylic acids is 4. The summed E-state index contributed by atoms with van der Waals surface area (Å²) in [7, 11) is -6.97. The van der Waals surface area contributed by atoms with Crippen LogP contribution in [-0.4, -0.2) is 101 Å². The van der Waals surface area contributed by atoms with Crippen molar-refractivity contribution in [1.29, 1.82) is 0 Å². The van der Waals surface area contributed by atoms with Gasteiger partial charge in [-0.3, -0.25) is 13.8 Å². The number of carbonyl (C=O) groups is 4. The van der Waals surface area contributed by atoms with E-state index in [0.717, 1.165) is 18.4 Å². The van der Waals surface area contributed by atoms with E-state index in [1.54, 1.807) is 39.0 Å². The van der Waals surface area contributed by atoms with E-state index in [4.69, 9.17) is 22.8 Å². The van der Waals surface area contributed by atoms with Gasteiger partial charge in [0.15, 0.2) is 0 Å². The molecular weight excluding hydrogens is 865 g/mol. The minimum Gasteiger partial charge on any atom is -0.463 e. The summed E-state index contributed by atoms with van der Waals surface area (Å²) in [6.45, 7) is 19.4. The molecule has 3 aromatic rings. The molecule has 0 spiro atoms. The average molecular weight is 931 g/mol. The lowest BCUT2D eigenvalue weighted by atomic mass is 9.89. The number of benzene rings is 3. The van der Waals surface area contributed by atoms with Crippen LogP contribution >= 0.6 is 0 Å². The first-order valence-electron chi connectivity index (χ1n) is 22.6. The van der Waals surface area contributed by atoms with Crippen LogP contribution in [0.15, 0.2) is 113 Å². The van der Waals surface area contributed by atoms with E-state index in [-0.39, 0.29) is 70.6 Å². The van der Waals surface area contributed by atoms with Gasteiger partial charge in [-0.05, 0) is 73.3 Å². The molecule has 352 valence electrons. The third kappa shape index (κ3) is 12.1. The average Bonchev–Trinajstić information content (AvgIpc) is 4.01. The second-order valence-electron chi connectivity index (χ2n) is 17.6. The van der Waals surface area contributed by atoms with Crippen molar-refractivity contribution in [2.75, 3.05) is 13.2 Å². The van der Waals surface area contributed by atoms with Gasteiger partial charge in [0.25, 0.3) is 18.4 Å². The standard InChI is InChI=1S/C27H33NO4Si.C23H33NO7S/c1-6-31-26(30)20-17-23-25(28(23)19(2)29)24(18-20)32-33(27(3,4)5,21-13-9-7-10-14-21)22-15-11-8-12-16-22;1-6-18(7-2)30-20-13-17(23(26)29-8-3)14-21(22(20)24-16(5)25)31-32(27,28)19-11-9-15(4)10-12-19/h7-17,23-25H,6,18H2,1-5H3;9-13,18,20-22H,6-8,14H2,1-5H3,(H,24,25)/t23?,24-,25+,28?;20-,21-,22+/m11/s1. The number of fused-ring (bicyclic) bond motifs is 1. The number of esters is 2. The lowest BCUT2D eigenvalue weighted by Gasteiger charge is -2.45. The van der Waals surface area contributed by atoms with Crippen LogP contribution in [0.25, 0.3) is 0 Å². The first kappa shape index (κ1) is 51.1. The fraction of sp³-hybridized carbons (Fsp3) is 0.480. The lowest BCUT2D eigenvalue weighted by Crippen LogP contribution is -2.68. The molecule has 3 aliphatic rings. The zero-order chi connectivity index (χ0) is 47.7. The minimum atomic E-state index is -4.16. The van der Waals surface area contributed by atoms with E-state index in [2.05, 4.69) is 74.6 Å². The fourth-order valence-electron chi connectivity index (χ4n) is 8.84. The molecule has 3 aromatic carbocycles. The third-order valence-corrected chi connectivity index (χ3v) is 18.4. The number of hydrogen-bond acceptors (Lipinski definition) is 11. The van der Waals surface area contributed by atoms with Crippen LogP contribution in [0.3, 0.4) is 0 Å². The van der Waals surface area contributed by atoms with Crippen LogP contribution in [0, 0.1) is 6.92 Å². The molecule has 1 saturated heterocycles. The second kappa shape index (κ2) is 22.0. The molecule has 1 unspecified atom stereocenters. The quantitative estimate of drug-likeness (QED) is 0.0726. The molecule has 2 amide bonds.